The van der Waals surface area contributed by atoms with Crippen molar-refractivity contribution in [3.8, 4) is 11.1 Å². The average molecular weight is 270 g/mol. The fraction of sp³-hybridized carbons (Fsp3) is 0. The lowest BCUT2D eigenvalue weighted by atomic mass is 10.1. The van der Waals surface area contributed by atoms with Crippen molar-refractivity contribution in [2.45, 2.75) is 0 Å². The summed E-state index contributed by atoms with van der Waals surface area (Å²) in [5.41, 5.74) is 0.877. The molecule has 0 fully saturated rings. The van der Waals surface area contributed by atoms with Crippen LogP contribution in [0.5, 0.6) is 0 Å². The van der Waals surface area contributed by atoms with Crippen molar-refractivity contribution < 1.29 is 9.18 Å². The smallest absolute Gasteiger partial charge is 0.221 e. The predicted octanol–water partition coefficient (Wildman–Crippen LogP) is 4.01. The van der Waals surface area contributed by atoms with Crippen LogP contribution in [0.1, 0.15) is 10.5 Å². The first kappa shape index (κ1) is 12.0. The van der Waals surface area contributed by atoms with Crippen LogP contribution < -0.4 is 0 Å². The van der Waals surface area contributed by atoms with E-state index in [1.165, 1.54) is 12.1 Å². The summed E-state index contributed by atoms with van der Waals surface area (Å²) in [5, 5.41) is 0.733. The van der Waals surface area contributed by atoms with E-state index in [0.29, 0.717) is 21.9 Å². The van der Waals surface area contributed by atoms with E-state index in [-0.39, 0.29) is 11.3 Å². The fourth-order valence-corrected chi connectivity index (χ4v) is 1.69. The quantitative estimate of drug-likeness (QED) is 0.609. The Morgan fingerprint density at radius 3 is 2.47 bits per heavy atom. The number of hydrogen-bond donors (Lipinski definition) is 0. The van der Waals surface area contributed by atoms with Crippen molar-refractivity contribution in [2.24, 2.45) is 0 Å². The highest BCUT2D eigenvalue weighted by Gasteiger charge is 2.09. The summed E-state index contributed by atoms with van der Waals surface area (Å²) in [6.07, 6.45) is 0.488. The first-order chi connectivity index (χ1) is 8.11. The second kappa shape index (κ2) is 4.82. The maximum absolute atomic E-state index is 13.6. The van der Waals surface area contributed by atoms with E-state index in [1.54, 1.807) is 18.2 Å². The highest BCUT2D eigenvalue weighted by atomic mass is 35.5. The van der Waals surface area contributed by atoms with E-state index in [1.807, 2.05) is 0 Å². The molecule has 0 unspecified atom stereocenters. The number of benzene rings is 1. The van der Waals surface area contributed by atoms with Gasteiger partial charge in [0, 0.05) is 5.56 Å². The van der Waals surface area contributed by atoms with Crippen LogP contribution in [0.15, 0.2) is 30.3 Å². The van der Waals surface area contributed by atoms with Gasteiger partial charge in [0.15, 0.2) is 6.29 Å². The van der Waals surface area contributed by atoms with E-state index in [4.69, 9.17) is 23.2 Å². The first-order valence-corrected chi connectivity index (χ1v) is 5.44. The van der Waals surface area contributed by atoms with Crippen LogP contribution in [0.3, 0.4) is 0 Å². The third-order valence-electron chi connectivity index (χ3n) is 2.22. The van der Waals surface area contributed by atoms with E-state index < -0.39 is 5.95 Å². The molecule has 0 aliphatic carbocycles. The molecule has 0 spiro atoms. The van der Waals surface area contributed by atoms with Gasteiger partial charge in [0.25, 0.3) is 0 Å². The molecule has 2 aromatic rings. The Labute approximate surface area is 107 Å². The van der Waals surface area contributed by atoms with Gasteiger partial charge < -0.3 is 0 Å². The SMILES string of the molecule is O=Cc1ccc(-c2ccc(Cl)c(Cl)c2)c(F)n1. The maximum Gasteiger partial charge on any atom is 0.221 e. The van der Waals surface area contributed by atoms with Crippen LogP contribution >= 0.6 is 23.2 Å². The lowest BCUT2D eigenvalue weighted by molar-refractivity contribution is 0.111. The number of aromatic nitrogens is 1. The number of rotatable bonds is 2. The molecular weight excluding hydrogens is 264 g/mol. The number of aldehydes is 1. The van der Waals surface area contributed by atoms with Crippen LogP contribution in [0.25, 0.3) is 11.1 Å². The Bertz CT molecular complexity index is 587. The standard InChI is InChI=1S/C12H6Cl2FNO/c13-10-4-1-7(5-11(10)14)9-3-2-8(6-17)16-12(9)15/h1-6H. The Balaban J connectivity index is 2.52. The van der Waals surface area contributed by atoms with Gasteiger partial charge in [0.2, 0.25) is 5.95 Å². The lowest BCUT2D eigenvalue weighted by Crippen LogP contribution is -1.94. The molecule has 2 rings (SSSR count). The van der Waals surface area contributed by atoms with Gasteiger partial charge in [-0.1, -0.05) is 29.3 Å². The van der Waals surface area contributed by atoms with Gasteiger partial charge >= 0.3 is 0 Å². The lowest BCUT2D eigenvalue weighted by Gasteiger charge is -2.04. The zero-order valence-corrected chi connectivity index (χ0v) is 9.97. The molecule has 0 amide bonds. The van der Waals surface area contributed by atoms with Gasteiger partial charge in [-0.2, -0.15) is 4.39 Å². The third kappa shape index (κ3) is 2.46. The zero-order chi connectivity index (χ0) is 12.4. The van der Waals surface area contributed by atoms with Crippen molar-refractivity contribution in [1.29, 1.82) is 0 Å². The Morgan fingerprint density at radius 1 is 1.12 bits per heavy atom. The monoisotopic (exact) mass is 269 g/mol. The van der Waals surface area contributed by atoms with E-state index >= 15 is 0 Å². The number of halogens is 3. The van der Waals surface area contributed by atoms with Gasteiger partial charge in [0.1, 0.15) is 5.69 Å². The van der Waals surface area contributed by atoms with Crippen molar-refractivity contribution in [3.63, 3.8) is 0 Å². The van der Waals surface area contributed by atoms with Gasteiger partial charge in [-0.15, -0.1) is 0 Å². The maximum atomic E-state index is 13.6. The number of pyridine rings is 1. The topological polar surface area (TPSA) is 30.0 Å². The third-order valence-corrected chi connectivity index (χ3v) is 2.96. The second-order valence-electron chi connectivity index (χ2n) is 3.32. The number of carbonyl (C=O) groups is 1. The largest absolute Gasteiger partial charge is 0.296 e. The molecule has 1 heterocycles. The Hall–Kier alpha value is -1.45. The van der Waals surface area contributed by atoms with Crippen LogP contribution in [0.2, 0.25) is 10.0 Å². The van der Waals surface area contributed by atoms with Crippen LogP contribution in [-0.2, 0) is 0 Å². The molecule has 1 aromatic carbocycles. The van der Waals surface area contributed by atoms with E-state index in [9.17, 15) is 9.18 Å². The van der Waals surface area contributed by atoms with E-state index in [0.717, 1.165) is 0 Å². The minimum Gasteiger partial charge on any atom is -0.296 e. The molecule has 0 aliphatic rings. The fourth-order valence-electron chi connectivity index (χ4n) is 1.39. The summed E-state index contributed by atoms with van der Waals surface area (Å²) in [7, 11) is 0. The predicted molar refractivity (Wildman–Crippen MR) is 65.0 cm³/mol. The minimum absolute atomic E-state index is 0.0475. The molecular formula is C12H6Cl2FNO. The zero-order valence-electron chi connectivity index (χ0n) is 8.45. The molecule has 0 N–H and O–H groups in total. The molecule has 1 aromatic heterocycles. The molecule has 0 atom stereocenters. The second-order valence-corrected chi connectivity index (χ2v) is 4.14. The molecule has 0 aliphatic heterocycles. The highest BCUT2D eigenvalue weighted by Crippen LogP contribution is 2.29. The van der Waals surface area contributed by atoms with Gasteiger partial charge in [-0.25, -0.2) is 4.98 Å². The molecule has 2 nitrogen and oxygen atoms in total. The van der Waals surface area contributed by atoms with Crippen molar-refractivity contribution in [2.75, 3.05) is 0 Å². The summed E-state index contributed by atoms with van der Waals surface area (Å²) >= 11 is 11.6. The first-order valence-electron chi connectivity index (χ1n) is 4.69. The molecule has 17 heavy (non-hydrogen) atoms. The number of hydrogen-bond acceptors (Lipinski definition) is 2. The van der Waals surface area contributed by atoms with Crippen molar-refractivity contribution in [3.05, 3.63) is 52.0 Å². The Kier molecular flexibility index (Phi) is 3.41. The molecule has 5 heteroatoms. The molecule has 0 saturated heterocycles. The van der Waals surface area contributed by atoms with Gasteiger partial charge in [0.05, 0.1) is 10.0 Å². The van der Waals surface area contributed by atoms with Gasteiger partial charge in [-0.05, 0) is 29.8 Å². The summed E-state index contributed by atoms with van der Waals surface area (Å²) in [6, 6.07) is 7.67. The van der Waals surface area contributed by atoms with Crippen LogP contribution in [-0.4, -0.2) is 11.3 Å². The molecule has 0 bridgehead atoms. The highest BCUT2D eigenvalue weighted by molar-refractivity contribution is 6.42. The van der Waals surface area contributed by atoms with Crippen molar-refractivity contribution in [1.82, 2.24) is 4.98 Å². The summed E-state index contributed by atoms with van der Waals surface area (Å²) in [4.78, 5) is 13.9. The Morgan fingerprint density at radius 2 is 1.88 bits per heavy atom. The summed E-state index contributed by atoms with van der Waals surface area (Å²) < 4.78 is 13.6. The molecule has 0 saturated carbocycles. The molecule has 86 valence electrons. The normalized spacial score (nSPS) is 10.3. The number of carbonyl (C=O) groups excluding carboxylic acids is 1. The number of nitrogens with zero attached hydrogens (tertiary/aromatic N) is 1. The molecule has 0 radical (unpaired) electrons. The van der Waals surface area contributed by atoms with Crippen LogP contribution in [0.4, 0.5) is 4.39 Å². The summed E-state index contributed by atoms with van der Waals surface area (Å²) in [5.74, 6) is -0.715. The van der Waals surface area contributed by atoms with Gasteiger partial charge in [-0.3, -0.25) is 4.79 Å². The minimum atomic E-state index is -0.715. The van der Waals surface area contributed by atoms with Crippen LogP contribution in [0, 0.1) is 5.95 Å². The van der Waals surface area contributed by atoms with Crippen molar-refractivity contribution >= 4 is 29.5 Å². The summed E-state index contributed by atoms with van der Waals surface area (Å²) in [6.45, 7) is 0. The van der Waals surface area contributed by atoms with E-state index in [2.05, 4.69) is 4.98 Å². The average Bonchev–Trinajstić information content (AvgIpc) is 2.32.